The van der Waals surface area contributed by atoms with E-state index in [1.807, 2.05) is 30.0 Å². The lowest BCUT2D eigenvalue weighted by atomic mass is 10.1. The number of piperazine rings is 1. The molecule has 0 unspecified atom stereocenters. The summed E-state index contributed by atoms with van der Waals surface area (Å²) in [5.41, 5.74) is 3.84. The molecule has 5 rings (SSSR count). The highest BCUT2D eigenvalue weighted by Crippen LogP contribution is 2.32. The number of carbonyl (C=O) groups excluding carboxylic acids is 3. The van der Waals surface area contributed by atoms with Gasteiger partial charge in [0.1, 0.15) is 22.8 Å². The lowest BCUT2D eigenvalue weighted by Crippen LogP contribution is -2.47. The van der Waals surface area contributed by atoms with Gasteiger partial charge in [0, 0.05) is 45.2 Å². The summed E-state index contributed by atoms with van der Waals surface area (Å²) in [6.45, 7) is 5.87. The summed E-state index contributed by atoms with van der Waals surface area (Å²) >= 11 is 0. The van der Waals surface area contributed by atoms with Crippen LogP contribution in [0.25, 0.3) is 11.0 Å². The number of methoxy groups -OCH3 is 1. The Morgan fingerprint density at radius 3 is 2.57 bits per heavy atom. The highest BCUT2D eigenvalue weighted by Gasteiger charge is 2.22. The van der Waals surface area contributed by atoms with E-state index in [2.05, 4.69) is 33.3 Å². The van der Waals surface area contributed by atoms with Gasteiger partial charge in [0.15, 0.2) is 0 Å². The Balaban J connectivity index is 1.20. The van der Waals surface area contributed by atoms with Crippen molar-refractivity contribution in [1.29, 1.82) is 5.26 Å². The molecule has 0 radical (unpaired) electrons. The quantitative estimate of drug-likeness (QED) is 0.186. The van der Waals surface area contributed by atoms with E-state index in [0.29, 0.717) is 63.9 Å². The van der Waals surface area contributed by atoms with Crippen molar-refractivity contribution in [2.45, 2.75) is 39.0 Å². The number of rotatable bonds is 13. The number of imidazole rings is 1. The number of amides is 3. The van der Waals surface area contributed by atoms with Crippen LogP contribution in [0.1, 0.15) is 57.8 Å². The Kier molecular flexibility index (Phi) is 11.5. The number of para-hydroxylation sites is 1. The number of likely N-dealkylation sites (N-methyl/N-ethyl adjacent to an activating group) is 1. The number of H-pyrrole nitrogens is 1. The molecule has 2 N–H and O–H groups in total. The summed E-state index contributed by atoms with van der Waals surface area (Å²) in [7, 11) is 5.24. The number of ether oxygens (including phenoxy) is 2. The van der Waals surface area contributed by atoms with Gasteiger partial charge in [-0.1, -0.05) is 12.1 Å². The number of anilines is 2. The Hall–Kier alpha value is -5.41. The molecular weight excluding hydrogens is 622 g/mol. The van der Waals surface area contributed by atoms with Crippen LogP contribution in [-0.4, -0.2) is 91.5 Å². The second-order valence-corrected chi connectivity index (χ2v) is 12.3. The van der Waals surface area contributed by atoms with Gasteiger partial charge in [-0.05, 0) is 81.3 Å². The maximum atomic E-state index is 13.7. The predicted octanol–water partition coefficient (Wildman–Crippen LogP) is 5.19. The van der Waals surface area contributed by atoms with Gasteiger partial charge in [0.2, 0.25) is 5.91 Å². The third-order valence-electron chi connectivity index (χ3n) is 8.68. The van der Waals surface area contributed by atoms with Crippen LogP contribution < -0.4 is 19.7 Å². The summed E-state index contributed by atoms with van der Waals surface area (Å²) in [5.74, 6) is 0.940. The number of aromatic amines is 1. The van der Waals surface area contributed by atoms with Crippen LogP contribution in [-0.2, 0) is 11.2 Å². The number of nitriles is 1. The third-order valence-corrected chi connectivity index (χ3v) is 8.68. The normalized spacial score (nSPS) is 13.2. The smallest absolute Gasteiger partial charge is 0.258 e. The minimum Gasteiger partial charge on any atom is -0.495 e. The fourth-order valence-corrected chi connectivity index (χ4v) is 5.81. The van der Waals surface area contributed by atoms with Crippen LogP contribution in [0.4, 0.5) is 11.4 Å². The minimum absolute atomic E-state index is 0.102. The monoisotopic (exact) mass is 665 g/mol. The second kappa shape index (κ2) is 16.1. The van der Waals surface area contributed by atoms with Crippen LogP contribution in [0.2, 0.25) is 0 Å². The lowest BCUT2D eigenvalue weighted by Gasteiger charge is -2.32. The van der Waals surface area contributed by atoms with E-state index in [1.165, 1.54) is 12.0 Å². The number of nitrogens with one attached hydrogen (secondary N) is 2. The summed E-state index contributed by atoms with van der Waals surface area (Å²) in [6.07, 6.45) is 3.13. The van der Waals surface area contributed by atoms with Crippen molar-refractivity contribution >= 4 is 40.1 Å². The van der Waals surface area contributed by atoms with E-state index in [-0.39, 0.29) is 18.2 Å². The fourth-order valence-electron chi connectivity index (χ4n) is 5.81. The molecule has 3 aromatic carbocycles. The number of aromatic nitrogens is 2. The number of nitrogens with zero attached hydrogens (tertiary/aromatic N) is 5. The molecule has 2 heterocycles. The molecule has 1 aliphatic heterocycles. The molecule has 12 nitrogen and oxygen atoms in total. The summed E-state index contributed by atoms with van der Waals surface area (Å²) in [5, 5.41) is 11.9. The van der Waals surface area contributed by atoms with Crippen LogP contribution in [0.15, 0.2) is 54.6 Å². The van der Waals surface area contributed by atoms with Gasteiger partial charge in [-0.2, -0.15) is 5.26 Å². The molecular formula is C37H43N7O5. The summed E-state index contributed by atoms with van der Waals surface area (Å²) in [4.78, 5) is 52.7. The molecule has 0 saturated carbocycles. The molecule has 0 spiro atoms. The van der Waals surface area contributed by atoms with Crippen molar-refractivity contribution in [1.82, 2.24) is 19.8 Å². The number of benzene rings is 3. The van der Waals surface area contributed by atoms with Crippen molar-refractivity contribution in [3.8, 4) is 17.6 Å². The number of unbranched alkanes of at least 4 members (excludes halogenated alkanes) is 2. The van der Waals surface area contributed by atoms with Gasteiger partial charge in [-0.25, -0.2) is 4.98 Å². The zero-order valence-corrected chi connectivity index (χ0v) is 28.5. The molecule has 1 saturated heterocycles. The number of fused-ring (bicyclic) bond motifs is 1. The van der Waals surface area contributed by atoms with Crippen LogP contribution >= 0.6 is 0 Å². The van der Waals surface area contributed by atoms with Crippen LogP contribution in [0, 0.1) is 18.3 Å². The summed E-state index contributed by atoms with van der Waals surface area (Å²) < 4.78 is 11.7. The average Bonchev–Trinajstić information content (AvgIpc) is 3.52. The largest absolute Gasteiger partial charge is 0.495 e. The van der Waals surface area contributed by atoms with Crippen molar-refractivity contribution in [2.24, 2.45) is 0 Å². The van der Waals surface area contributed by atoms with Gasteiger partial charge >= 0.3 is 0 Å². The van der Waals surface area contributed by atoms with E-state index >= 15 is 0 Å². The molecule has 49 heavy (non-hydrogen) atoms. The number of carbonyl (C=O) groups is 3. The van der Waals surface area contributed by atoms with Gasteiger partial charge in [-0.15, -0.1) is 0 Å². The third kappa shape index (κ3) is 8.55. The maximum absolute atomic E-state index is 13.7. The van der Waals surface area contributed by atoms with Crippen molar-refractivity contribution in [3.05, 3.63) is 77.1 Å². The topological polar surface area (TPSA) is 144 Å². The fraction of sp³-hybridized carbons (Fsp3) is 0.378. The SMILES string of the molecule is COc1cc(C(=O)N(C)c2ccc(C)cc2OCCCCCC(=O)N2CCN(C)CC2)ccc1NC(=O)c1cccc2[nH]c(CC#N)nc12. The Morgan fingerprint density at radius 2 is 1.82 bits per heavy atom. The van der Waals surface area contributed by atoms with E-state index in [4.69, 9.17) is 14.7 Å². The molecule has 0 bridgehead atoms. The Bertz CT molecular complexity index is 1860. The van der Waals surface area contributed by atoms with Crippen molar-refractivity contribution in [2.75, 3.05) is 64.2 Å². The van der Waals surface area contributed by atoms with Crippen LogP contribution in [0.3, 0.4) is 0 Å². The molecule has 1 aliphatic rings. The Morgan fingerprint density at radius 1 is 1.02 bits per heavy atom. The average molecular weight is 666 g/mol. The molecule has 0 atom stereocenters. The van der Waals surface area contributed by atoms with Crippen LogP contribution in [0.5, 0.6) is 11.5 Å². The van der Waals surface area contributed by atoms with E-state index in [9.17, 15) is 14.4 Å². The minimum atomic E-state index is -0.404. The first-order valence-corrected chi connectivity index (χ1v) is 16.5. The van der Waals surface area contributed by atoms with E-state index in [0.717, 1.165) is 51.0 Å². The maximum Gasteiger partial charge on any atom is 0.258 e. The molecule has 1 aromatic heterocycles. The highest BCUT2D eigenvalue weighted by molar-refractivity contribution is 6.12. The van der Waals surface area contributed by atoms with Gasteiger partial charge in [0.25, 0.3) is 11.8 Å². The van der Waals surface area contributed by atoms with E-state index < -0.39 is 5.91 Å². The lowest BCUT2D eigenvalue weighted by molar-refractivity contribution is -0.132. The first-order chi connectivity index (χ1) is 23.7. The Labute approximate surface area is 286 Å². The molecule has 4 aromatic rings. The number of hydrogen-bond acceptors (Lipinski definition) is 8. The van der Waals surface area contributed by atoms with E-state index in [1.54, 1.807) is 43.4 Å². The zero-order chi connectivity index (χ0) is 34.9. The molecule has 256 valence electrons. The second-order valence-electron chi connectivity index (χ2n) is 12.3. The first kappa shape index (κ1) is 34.9. The highest BCUT2D eigenvalue weighted by atomic mass is 16.5. The molecule has 1 fully saturated rings. The standard InChI is InChI=1S/C37H43N7O5/c1-25-12-15-30(32(23-25)49-22-7-5-6-11-34(45)44-20-18-42(2)19-21-44)43(3)37(47)26-13-14-28(31(24-26)48-4)40-36(46)27-9-8-10-29-35(27)41-33(39-29)16-17-38/h8-10,12-15,23-24H,5-7,11,16,18-22H2,1-4H3,(H,39,41)(H,40,46). The number of aryl methyl sites for hydroxylation is 1. The molecule has 12 heteroatoms. The summed E-state index contributed by atoms with van der Waals surface area (Å²) in [6, 6.07) is 17.8. The van der Waals surface area contributed by atoms with Crippen molar-refractivity contribution < 1.29 is 23.9 Å². The van der Waals surface area contributed by atoms with Gasteiger partial charge in [0.05, 0.1) is 48.7 Å². The van der Waals surface area contributed by atoms with Gasteiger partial charge in [-0.3, -0.25) is 14.4 Å². The predicted molar refractivity (Wildman–Crippen MR) is 188 cm³/mol. The number of hydrogen-bond donors (Lipinski definition) is 2. The molecule has 3 amide bonds. The first-order valence-electron chi connectivity index (χ1n) is 16.5. The zero-order valence-electron chi connectivity index (χ0n) is 28.5. The van der Waals surface area contributed by atoms with Crippen molar-refractivity contribution in [3.63, 3.8) is 0 Å². The molecule has 0 aliphatic carbocycles. The van der Waals surface area contributed by atoms with Gasteiger partial charge < -0.3 is 34.5 Å².